The second-order valence-corrected chi connectivity index (χ2v) is 5.43. The SMILES string of the molecule is CC(=O)OC[C@H](O)[C@@]1(C)CC[C@H](C(C)(C)O)O1. The highest BCUT2D eigenvalue weighted by Crippen LogP contribution is 2.37. The molecule has 0 aromatic heterocycles. The van der Waals surface area contributed by atoms with Gasteiger partial charge in [-0.05, 0) is 33.6 Å². The molecule has 1 saturated heterocycles. The third-order valence-electron chi connectivity index (χ3n) is 3.25. The summed E-state index contributed by atoms with van der Waals surface area (Å²) in [7, 11) is 0. The first-order chi connectivity index (χ1) is 7.65. The minimum Gasteiger partial charge on any atom is -0.463 e. The van der Waals surface area contributed by atoms with Crippen molar-refractivity contribution in [3.8, 4) is 0 Å². The Kier molecular flexibility index (Phi) is 4.17. The van der Waals surface area contributed by atoms with Gasteiger partial charge in [0.15, 0.2) is 0 Å². The molecule has 3 atom stereocenters. The van der Waals surface area contributed by atoms with Gasteiger partial charge in [0.1, 0.15) is 12.7 Å². The van der Waals surface area contributed by atoms with Gasteiger partial charge < -0.3 is 19.7 Å². The van der Waals surface area contributed by atoms with E-state index in [1.165, 1.54) is 6.92 Å². The van der Waals surface area contributed by atoms with Crippen LogP contribution in [-0.2, 0) is 14.3 Å². The maximum Gasteiger partial charge on any atom is 0.302 e. The molecule has 0 saturated carbocycles. The number of ether oxygens (including phenoxy) is 2. The number of rotatable bonds is 4. The van der Waals surface area contributed by atoms with Gasteiger partial charge in [0.05, 0.1) is 17.3 Å². The molecule has 17 heavy (non-hydrogen) atoms. The van der Waals surface area contributed by atoms with Gasteiger partial charge in [0.2, 0.25) is 0 Å². The second-order valence-electron chi connectivity index (χ2n) is 5.43. The molecule has 5 heteroatoms. The van der Waals surface area contributed by atoms with Crippen molar-refractivity contribution in [3.05, 3.63) is 0 Å². The maximum atomic E-state index is 10.7. The average Bonchev–Trinajstić information content (AvgIpc) is 2.58. The largest absolute Gasteiger partial charge is 0.463 e. The molecule has 0 unspecified atom stereocenters. The van der Waals surface area contributed by atoms with Gasteiger partial charge in [-0.2, -0.15) is 0 Å². The zero-order valence-electron chi connectivity index (χ0n) is 10.9. The molecule has 100 valence electrons. The number of carbonyl (C=O) groups is 1. The lowest BCUT2D eigenvalue weighted by molar-refractivity contribution is -0.171. The van der Waals surface area contributed by atoms with Gasteiger partial charge in [-0.25, -0.2) is 0 Å². The number of hydrogen-bond acceptors (Lipinski definition) is 5. The van der Waals surface area contributed by atoms with Crippen molar-refractivity contribution in [2.45, 2.75) is 63.9 Å². The highest BCUT2D eigenvalue weighted by atomic mass is 16.6. The number of aliphatic hydroxyl groups excluding tert-OH is 1. The standard InChI is InChI=1S/C12H22O5/c1-8(13)16-7-9(14)12(4)6-5-10(17-12)11(2,3)15/h9-10,14-15H,5-7H2,1-4H3/t9-,10+,12+/m0/s1. The van der Waals surface area contributed by atoms with Crippen LogP contribution in [0.2, 0.25) is 0 Å². The first-order valence-electron chi connectivity index (χ1n) is 5.87. The van der Waals surface area contributed by atoms with Gasteiger partial charge in [0.25, 0.3) is 0 Å². The van der Waals surface area contributed by atoms with Crippen molar-refractivity contribution in [2.75, 3.05) is 6.61 Å². The minimum absolute atomic E-state index is 0.0790. The van der Waals surface area contributed by atoms with Crippen molar-refractivity contribution < 1.29 is 24.5 Å². The number of carbonyl (C=O) groups excluding carboxylic acids is 1. The van der Waals surface area contributed by atoms with Crippen LogP contribution in [0.1, 0.15) is 40.5 Å². The molecular weight excluding hydrogens is 224 g/mol. The molecule has 0 spiro atoms. The molecule has 0 aromatic rings. The fourth-order valence-corrected chi connectivity index (χ4v) is 1.98. The monoisotopic (exact) mass is 246 g/mol. The third kappa shape index (κ3) is 3.66. The van der Waals surface area contributed by atoms with Crippen molar-refractivity contribution >= 4 is 5.97 Å². The van der Waals surface area contributed by atoms with E-state index >= 15 is 0 Å². The molecule has 0 aromatic carbocycles. The molecule has 0 radical (unpaired) electrons. The first kappa shape index (κ1) is 14.4. The molecule has 1 aliphatic heterocycles. The highest BCUT2D eigenvalue weighted by Gasteiger charge is 2.46. The Morgan fingerprint density at radius 3 is 2.65 bits per heavy atom. The summed E-state index contributed by atoms with van der Waals surface area (Å²) >= 11 is 0. The first-order valence-corrected chi connectivity index (χ1v) is 5.87. The molecule has 1 fully saturated rings. The van der Waals surface area contributed by atoms with Crippen molar-refractivity contribution in [2.24, 2.45) is 0 Å². The van der Waals surface area contributed by atoms with Gasteiger partial charge in [-0.3, -0.25) is 4.79 Å². The number of aliphatic hydroxyl groups is 2. The molecule has 1 aliphatic rings. The second kappa shape index (κ2) is 4.92. The summed E-state index contributed by atoms with van der Waals surface area (Å²) in [5.41, 5.74) is -1.70. The van der Waals surface area contributed by atoms with Gasteiger partial charge in [0, 0.05) is 6.92 Å². The maximum absolute atomic E-state index is 10.7. The van der Waals surface area contributed by atoms with Crippen LogP contribution in [-0.4, -0.2) is 46.2 Å². The molecule has 0 aliphatic carbocycles. The van der Waals surface area contributed by atoms with Crippen LogP contribution in [0.3, 0.4) is 0 Å². The molecule has 1 heterocycles. The van der Waals surface area contributed by atoms with E-state index in [0.29, 0.717) is 12.8 Å². The lowest BCUT2D eigenvalue weighted by Crippen LogP contribution is -2.45. The number of esters is 1. The summed E-state index contributed by atoms with van der Waals surface area (Å²) in [6, 6.07) is 0. The lowest BCUT2D eigenvalue weighted by Gasteiger charge is -2.33. The Hall–Kier alpha value is -0.650. The van der Waals surface area contributed by atoms with Crippen LogP contribution in [0.25, 0.3) is 0 Å². The Bertz CT molecular complexity index is 283. The Morgan fingerprint density at radius 1 is 1.65 bits per heavy atom. The van der Waals surface area contributed by atoms with E-state index in [2.05, 4.69) is 0 Å². The van der Waals surface area contributed by atoms with E-state index in [-0.39, 0.29) is 12.7 Å². The molecule has 1 rings (SSSR count). The zero-order valence-corrected chi connectivity index (χ0v) is 10.9. The number of hydrogen-bond donors (Lipinski definition) is 2. The normalized spacial score (nSPS) is 31.3. The Balaban J connectivity index is 2.56. The van der Waals surface area contributed by atoms with Gasteiger partial charge in [-0.1, -0.05) is 0 Å². The van der Waals surface area contributed by atoms with Crippen LogP contribution in [0, 0.1) is 0 Å². The van der Waals surface area contributed by atoms with Gasteiger partial charge in [-0.15, -0.1) is 0 Å². The van der Waals surface area contributed by atoms with Crippen LogP contribution in [0.5, 0.6) is 0 Å². The topological polar surface area (TPSA) is 76.0 Å². The van der Waals surface area contributed by atoms with Crippen LogP contribution in [0.15, 0.2) is 0 Å². The van der Waals surface area contributed by atoms with E-state index in [0.717, 1.165) is 0 Å². The third-order valence-corrected chi connectivity index (χ3v) is 3.25. The van der Waals surface area contributed by atoms with Crippen molar-refractivity contribution in [1.82, 2.24) is 0 Å². The van der Waals surface area contributed by atoms with Crippen molar-refractivity contribution in [1.29, 1.82) is 0 Å². The summed E-state index contributed by atoms with van der Waals surface area (Å²) in [5, 5.41) is 19.8. The van der Waals surface area contributed by atoms with Crippen LogP contribution in [0.4, 0.5) is 0 Å². The van der Waals surface area contributed by atoms with Gasteiger partial charge >= 0.3 is 5.97 Å². The fourth-order valence-electron chi connectivity index (χ4n) is 1.98. The smallest absolute Gasteiger partial charge is 0.302 e. The fraction of sp³-hybridized carbons (Fsp3) is 0.917. The predicted octanol–water partition coefficient (Wildman–Crippen LogP) is 0.619. The van der Waals surface area contributed by atoms with Crippen LogP contribution < -0.4 is 0 Å². The predicted molar refractivity (Wildman–Crippen MR) is 61.4 cm³/mol. The van der Waals surface area contributed by atoms with E-state index in [1.807, 2.05) is 0 Å². The van der Waals surface area contributed by atoms with E-state index in [9.17, 15) is 15.0 Å². The van der Waals surface area contributed by atoms with E-state index < -0.39 is 23.3 Å². The molecule has 0 bridgehead atoms. The summed E-state index contributed by atoms with van der Waals surface area (Å²) in [6.07, 6.45) is 0.125. The molecular formula is C12H22O5. The van der Waals surface area contributed by atoms with E-state index in [1.54, 1.807) is 20.8 Å². The van der Waals surface area contributed by atoms with E-state index in [4.69, 9.17) is 9.47 Å². The quantitative estimate of drug-likeness (QED) is 0.711. The molecule has 5 nitrogen and oxygen atoms in total. The minimum atomic E-state index is -0.932. The lowest BCUT2D eigenvalue weighted by atomic mass is 9.94. The summed E-state index contributed by atoms with van der Waals surface area (Å²) in [5.74, 6) is -0.426. The van der Waals surface area contributed by atoms with Crippen LogP contribution >= 0.6 is 0 Å². The summed E-state index contributed by atoms with van der Waals surface area (Å²) in [4.78, 5) is 10.7. The average molecular weight is 246 g/mol. The molecule has 0 amide bonds. The summed E-state index contributed by atoms with van der Waals surface area (Å²) in [6.45, 7) is 6.35. The molecule has 2 N–H and O–H groups in total. The Morgan fingerprint density at radius 2 is 2.24 bits per heavy atom. The van der Waals surface area contributed by atoms with Crippen molar-refractivity contribution in [3.63, 3.8) is 0 Å². The summed E-state index contributed by atoms with van der Waals surface area (Å²) < 4.78 is 10.5. The zero-order chi connectivity index (χ0) is 13.3. The highest BCUT2D eigenvalue weighted by molar-refractivity contribution is 5.65. The Labute approximate surface area is 102 Å².